The Morgan fingerprint density at radius 3 is 2.59 bits per heavy atom. The highest BCUT2D eigenvalue weighted by molar-refractivity contribution is 5.91. The number of carbonyl (C=O) groups is 1. The molecule has 0 radical (unpaired) electrons. The van der Waals surface area contributed by atoms with Crippen molar-refractivity contribution in [3.63, 3.8) is 0 Å². The van der Waals surface area contributed by atoms with Gasteiger partial charge in [0.25, 0.3) is 0 Å². The van der Waals surface area contributed by atoms with Gasteiger partial charge >= 0.3 is 6.03 Å². The van der Waals surface area contributed by atoms with E-state index in [9.17, 15) is 9.18 Å². The molecule has 3 heterocycles. The Morgan fingerprint density at radius 1 is 1.03 bits per heavy atom. The van der Waals surface area contributed by atoms with Crippen LogP contribution in [0.15, 0.2) is 60.8 Å². The fraction of sp³-hybridized carbons (Fsp3) is 0.308. The predicted molar refractivity (Wildman–Crippen MR) is 125 cm³/mol. The van der Waals surface area contributed by atoms with E-state index in [4.69, 9.17) is 0 Å². The maximum atomic E-state index is 13.3. The van der Waals surface area contributed by atoms with Crippen LogP contribution in [0.25, 0.3) is 11.1 Å². The van der Waals surface area contributed by atoms with Crippen LogP contribution < -0.4 is 10.2 Å². The fourth-order valence-electron chi connectivity index (χ4n) is 4.80. The van der Waals surface area contributed by atoms with E-state index < -0.39 is 0 Å². The smallest absolute Gasteiger partial charge is 0.322 e. The number of rotatable bonds is 3. The van der Waals surface area contributed by atoms with Crippen molar-refractivity contribution in [3.05, 3.63) is 77.9 Å². The number of piperidine rings is 1. The molecule has 3 aromatic rings. The third-order valence-corrected chi connectivity index (χ3v) is 6.63. The second-order valence-corrected chi connectivity index (χ2v) is 8.60. The van der Waals surface area contributed by atoms with Crippen LogP contribution in [0.5, 0.6) is 0 Å². The summed E-state index contributed by atoms with van der Waals surface area (Å²) in [5, 5.41) is 3.03. The molecule has 0 atom stereocenters. The lowest BCUT2D eigenvalue weighted by Gasteiger charge is -2.39. The molecule has 2 aliphatic rings. The molecule has 0 spiro atoms. The van der Waals surface area contributed by atoms with Gasteiger partial charge < -0.3 is 15.1 Å². The molecular formula is C26H27FN4O. The third-order valence-electron chi connectivity index (χ3n) is 6.63. The lowest BCUT2D eigenvalue weighted by Crippen LogP contribution is -2.48. The molecule has 2 aromatic carbocycles. The van der Waals surface area contributed by atoms with E-state index in [-0.39, 0.29) is 17.9 Å². The number of hydrogen-bond acceptors (Lipinski definition) is 3. The number of carbonyl (C=O) groups excluding carboxylic acids is 1. The molecule has 1 aromatic heterocycles. The number of aryl methyl sites for hydroxylation is 1. The Hall–Kier alpha value is -3.41. The zero-order valence-electron chi connectivity index (χ0n) is 18.2. The molecule has 5 nitrogen and oxygen atoms in total. The molecule has 5 rings (SSSR count). The van der Waals surface area contributed by atoms with Gasteiger partial charge in [0.15, 0.2) is 0 Å². The Bertz CT molecular complexity index is 1120. The number of hydrogen-bond donors (Lipinski definition) is 1. The van der Waals surface area contributed by atoms with Crippen LogP contribution in [0.3, 0.4) is 0 Å². The van der Waals surface area contributed by atoms with Crippen molar-refractivity contribution in [2.75, 3.05) is 29.9 Å². The van der Waals surface area contributed by atoms with Crippen molar-refractivity contribution in [2.24, 2.45) is 0 Å². The summed E-state index contributed by atoms with van der Waals surface area (Å²) in [5.41, 5.74) is 6.27. The highest BCUT2D eigenvalue weighted by atomic mass is 19.1. The minimum absolute atomic E-state index is 0.0240. The topological polar surface area (TPSA) is 48.5 Å². The number of nitrogens with one attached hydrogen (secondary N) is 1. The average Bonchev–Trinajstić information content (AvgIpc) is 2.98. The molecule has 1 fully saturated rings. The first-order valence-electron chi connectivity index (χ1n) is 11.2. The first-order valence-corrected chi connectivity index (χ1v) is 11.2. The largest absolute Gasteiger partial charge is 0.371 e. The van der Waals surface area contributed by atoms with Crippen molar-refractivity contribution in [1.82, 2.24) is 9.88 Å². The van der Waals surface area contributed by atoms with Gasteiger partial charge in [0.1, 0.15) is 5.82 Å². The minimum atomic E-state index is -0.221. The molecular weight excluding hydrogens is 403 g/mol. The number of nitrogens with zero attached hydrogens (tertiary/aromatic N) is 3. The van der Waals surface area contributed by atoms with Gasteiger partial charge in [-0.05, 0) is 72.9 Å². The summed E-state index contributed by atoms with van der Waals surface area (Å²) in [5.74, 6) is -0.221. The quantitative estimate of drug-likeness (QED) is 0.617. The number of fused-ring (bicyclic) bond motifs is 1. The summed E-state index contributed by atoms with van der Waals surface area (Å²) < 4.78 is 13.3. The minimum Gasteiger partial charge on any atom is -0.371 e. The zero-order valence-corrected chi connectivity index (χ0v) is 18.2. The van der Waals surface area contributed by atoms with Crippen LogP contribution in [0, 0.1) is 12.7 Å². The molecule has 0 aliphatic carbocycles. The van der Waals surface area contributed by atoms with E-state index in [0.717, 1.165) is 54.9 Å². The Morgan fingerprint density at radius 2 is 1.81 bits per heavy atom. The van der Waals surface area contributed by atoms with E-state index in [0.29, 0.717) is 6.54 Å². The van der Waals surface area contributed by atoms with Crippen molar-refractivity contribution in [3.8, 4) is 11.1 Å². The highest BCUT2D eigenvalue weighted by Crippen LogP contribution is 2.31. The summed E-state index contributed by atoms with van der Waals surface area (Å²) in [4.78, 5) is 21.6. The van der Waals surface area contributed by atoms with Crippen molar-refractivity contribution in [2.45, 2.75) is 32.2 Å². The molecule has 0 unspecified atom stereocenters. The van der Waals surface area contributed by atoms with Crippen molar-refractivity contribution >= 4 is 17.4 Å². The average molecular weight is 431 g/mol. The van der Waals surface area contributed by atoms with Gasteiger partial charge in [-0.1, -0.05) is 18.2 Å². The first kappa shape index (κ1) is 20.5. The standard InChI is InChI=1S/C26H27FN4O/c1-18-4-9-22(17-23(18)19-5-7-20(27)8-6-19)30-14-10-21(11-15-30)31-16-12-24-25(29-26(31)32)3-2-13-28-24/h2-9,13,17,21H,10-12,14-16H2,1H3,(H,29,32). The molecule has 0 saturated carbocycles. The number of amides is 2. The van der Waals surface area contributed by atoms with E-state index in [1.165, 1.54) is 23.4 Å². The van der Waals surface area contributed by atoms with Crippen LogP contribution in [0.4, 0.5) is 20.6 Å². The van der Waals surface area contributed by atoms with E-state index in [2.05, 4.69) is 40.3 Å². The fourth-order valence-corrected chi connectivity index (χ4v) is 4.80. The second kappa shape index (κ2) is 8.61. The van der Waals surface area contributed by atoms with Crippen LogP contribution in [0.2, 0.25) is 0 Å². The molecule has 1 saturated heterocycles. The number of halogens is 1. The Balaban J connectivity index is 1.27. The van der Waals surface area contributed by atoms with Gasteiger partial charge in [0, 0.05) is 44.0 Å². The summed E-state index contributed by atoms with van der Waals surface area (Å²) in [6.07, 6.45) is 4.41. The van der Waals surface area contributed by atoms with Gasteiger partial charge in [-0.2, -0.15) is 0 Å². The Kier molecular flexibility index (Phi) is 5.52. The molecule has 164 valence electrons. The number of urea groups is 1. The third kappa shape index (κ3) is 4.05. The number of anilines is 2. The highest BCUT2D eigenvalue weighted by Gasteiger charge is 2.30. The first-order chi connectivity index (χ1) is 15.6. The monoisotopic (exact) mass is 430 g/mol. The summed E-state index contributed by atoms with van der Waals surface area (Å²) >= 11 is 0. The van der Waals surface area contributed by atoms with Crippen LogP contribution in [-0.2, 0) is 6.42 Å². The van der Waals surface area contributed by atoms with E-state index >= 15 is 0 Å². The summed E-state index contributed by atoms with van der Waals surface area (Å²) in [6.45, 7) is 4.57. The van der Waals surface area contributed by atoms with E-state index in [1.807, 2.05) is 29.2 Å². The van der Waals surface area contributed by atoms with Gasteiger partial charge in [0.05, 0.1) is 11.4 Å². The van der Waals surface area contributed by atoms with Crippen molar-refractivity contribution in [1.29, 1.82) is 0 Å². The number of benzene rings is 2. The Labute approximate surface area is 187 Å². The normalized spacial score (nSPS) is 17.0. The van der Waals surface area contributed by atoms with Gasteiger partial charge in [-0.15, -0.1) is 0 Å². The maximum Gasteiger partial charge on any atom is 0.322 e. The summed E-state index contributed by atoms with van der Waals surface area (Å²) in [6, 6.07) is 17.1. The molecule has 2 amide bonds. The number of aromatic nitrogens is 1. The van der Waals surface area contributed by atoms with Gasteiger partial charge in [-0.25, -0.2) is 9.18 Å². The molecule has 0 bridgehead atoms. The number of pyridine rings is 1. The lowest BCUT2D eigenvalue weighted by molar-refractivity contribution is 0.177. The zero-order chi connectivity index (χ0) is 22.1. The molecule has 1 N–H and O–H groups in total. The van der Waals surface area contributed by atoms with Crippen LogP contribution in [-0.4, -0.2) is 41.6 Å². The van der Waals surface area contributed by atoms with Crippen molar-refractivity contribution < 1.29 is 9.18 Å². The second-order valence-electron chi connectivity index (χ2n) is 8.60. The SMILES string of the molecule is Cc1ccc(N2CCC(N3CCc4ncccc4NC3=O)CC2)cc1-c1ccc(F)cc1. The predicted octanol–water partition coefficient (Wildman–Crippen LogP) is 5.26. The van der Waals surface area contributed by atoms with Crippen LogP contribution in [0.1, 0.15) is 24.1 Å². The molecule has 32 heavy (non-hydrogen) atoms. The summed E-state index contributed by atoms with van der Waals surface area (Å²) in [7, 11) is 0. The maximum absolute atomic E-state index is 13.3. The molecule has 6 heteroatoms. The van der Waals surface area contributed by atoms with Gasteiger partial charge in [0.2, 0.25) is 0 Å². The van der Waals surface area contributed by atoms with Gasteiger partial charge in [-0.3, -0.25) is 4.98 Å². The molecule has 2 aliphatic heterocycles. The van der Waals surface area contributed by atoms with E-state index in [1.54, 1.807) is 6.20 Å². The lowest BCUT2D eigenvalue weighted by atomic mass is 9.98. The van der Waals surface area contributed by atoms with Crippen LogP contribution >= 0.6 is 0 Å².